The first kappa shape index (κ1) is 18.5. The maximum Gasteiger partial charge on any atom is 0.330 e. The largest absolute Gasteiger partial charge is 0.466 e. The van der Waals surface area contributed by atoms with Gasteiger partial charge in [0.15, 0.2) is 0 Å². The van der Waals surface area contributed by atoms with E-state index in [1.54, 1.807) is 6.08 Å². The molecule has 0 radical (unpaired) electrons. The highest BCUT2D eigenvalue weighted by molar-refractivity contribution is 5.81. The Morgan fingerprint density at radius 1 is 0.957 bits per heavy atom. The second-order valence-electron chi connectivity index (χ2n) is 7.83. The van der Waals surface area contributed by atoms with Gasteiger partial charge in [0, 0.05) is 6.08 Å². The minimum Gasteiger partial charge on any atom is -0.466 e. The molecule has 0 N–H and O–H groups in total. The molecule has 23 heavy (non-hydrogen) atoms. The summed E-state index contributed by atoms with van der Waals surface area (Å²) in [6.07, 6.45) is 20.5. The van der Waals surface area contributed by atoms with Crippen molar-refractivity contribution < 1.29 is 9.53 Å². The zero-order valence-corrected chi connectivity index (χ0v) is 15.3. The lowest BCUT2D eigenvalue weighted by atomic mass is 9.68. The first-order valence-corrected chi connectivity index (χ1v) is 9.99. The van der Waals surface area contributed by atoms with Crippen LogP contribution in [-0.2, 0) is 9.53 Å². The standard InChI is InChI=1S/C21H36O2/c1-3-4-5-6-17-7-12-19(13-8-17)20-14-9-18(10-15-20)11-16-21(22)23-2/h11,16-20H,3-10,12-15H2,1-2H3/b16-11+. The van der Waals surface area contributed by atoms with Crippen LogP contribution in [0.15, 0.2) is 12.2 Å². The number of unbranched alkanes of at least 4 members (excludes halogenated alkanes) is 2. The second kappa shape index (κ2) is 10.2. The summed E-state index contributed by atoms with van der Waals surface area (Å²) in [5.41, 5.74) is 0. The molecule has 0 aromatic rings. The predicted molar refractivity (Wildman–Crippen MR) is 96.2 cm³/mol. The molecule has 0 saturated heterocycles. The summed E-state index contributed by atoms with van der Waals surface area (Å²) in [4.78, 5) is 11.2. The number of esters is 1. The highest BCUT2D eigenvalue weighted by Crippen LogP contribution is 2.42. The number of rotatable bonds is 7. The van der Waals surface area contributed by atoms with Gasteiger partial charge in [0.25, 0.3) is 0 Å². The van der Waals surface area contributed by atoms with Crippen molar-refractivity contribution in [1.29, 1.82) is 0 Å². The summed E-state index contributed by atoms with van der Waals surface area (Å²) >= 11 is 0. The monoisotopic (exact) mass is 320 g/mol. The van der Waals surface area contributed by atoms with E-state index in [4.69, 9.17) is 0 Å². The van der Waals surface area contributed by atoms with Gasteiger partial charge < -0.3 is 4.74 Å². The molecule has 0 unspecified atom stereocenters. The van der Waals surface area contributed by atoms with Crippen LogP contribution in [0.2, 0.25) is 0 Å². The Morgan fingerprint density at radius 3 is 2.13 bits per heavy atom. The number of ether oxygens (including phenoxy) is 1. The first-order valence-electron chi connectivity index (χ1n) is 9.99. The fraction of sp³-hybridized carbons (Fsp3) is 0.857. The quantitative estimate of drug-likeness (QED) is 0.331. The molecular formula is C21H36O2. The second-order valence-corrected chi connectivity index (χ2v) is 7.83. The van der Waals surface area contributed by atoms with Gasteiger partial charge in [-0.25, -0.2) is 4.79 Å². The fourth-order valence-electron chi connectivity index (χ4n) is 4.72. The third-order valence-electron chi connectivity index (χ3n) is 6.30. The lowest BCUT2D eigenvalue weighted by molar-refractivity contribution is -0.134. The van der Waals surface area contributed by atoms with E-state index in [9.17, 15) is 4.79 Å². The van der Waals surface area contributed by atoms with Gasteiger partial charge in [0.05, 0.1) is 7.11 Å². The van der Waals surface area contributed by atoms with Gasteiger partial charge in [-0.3, -0.25) is 0 Å². The lowest BCUT2D eigenvalue weighted by Gasteiger charge is -2.37. The summed E-state index contributed by atoms with van der Waals surface area (Å²) in [5.74, 6) is 3.35. The van der Waals surface area contributed by atoms with E-state index in [0.29, 0.717) is 5.92 Å². The SMILES string of the molecule is CCCCCC1CCC(C2CCC(/C=C/C(=O)OC)CC2)CC1. The Kier molecular flexibility index (Phi) is 8.19. The summed E-state index contributed by atoms with van der Waals surface area (Å²) in [5, 5.41) is 0. The number of carbonyl (C=O) groups excluding carboxylic acids is 1. The molecule has 0 spiro atoms. The molecule has 2 saturated carbocycles. The van der Waals surface area contributed by atoms with E-state index in [0.717, 1.165) is 17.8 Å². The van der Waals surface area contributed by atoms with Gasteiger partial charge >= 0.3 is 5.97 Å². The van der Waals surface area contributed by atoms with Crippen molar-refractivity contribution in [2.45, 2.75) is 84.0 Å². The smallest absolute Gasteiger partial charge is 0.330 e. The normalized spacial score (nSPS) is 32.1. The minimum absolute atomic E-state index is 0.214. The Morgan fingerprint density at radius 2 is 1.57 bits per heavy atom. The van der Waals surface area contributed by atoms with Crippen LogP contribution in [0.5, 0.6) is 0 Å². The molecule has 2 fully saturated rings. The zero-order chi connectivity index (χ0) is 16.5. The maximum atomic E-state index is 11.2. The van der Waals surface area contributed by atoms with E-state index in [-0.39, 0.29) is 5.97 Å². The minimum atomic E-state index is -0.214. The van der Waals surface area contributed by atoms with Gasteiger partial charge in [-0.1, -0.05) is 51.5 Å². The van der Waals surface area contributed by atoms with Gasteiger partial charge in [0.1, 0.15) is 0 Å². The molecule has 0 bridgehead atoms. The summed E-state index contributed by atoms with van der Waals surface area (Å²) < 4.78 is 4.68. The van der Waals surface area contributed by atoms with E-state index in [1.807, 2.05) is 0 Å². The third-order valence-corrected chi connectivity index (χ3v) is 6.30. The molecule has 2 heteroatoms. The maximum absolute atomic E-state index is 11.2. The Hall–Kier alpha value is -0.790. The molecule has 0 amide bonds. The van der Waals surface area contributed by atoms with Crippen LogP contribution < -0.4 is 0 Å². The van der Waals surface area contributed by atoms with Crippen molar-refractivity contribution in [2.24, 2.45) is 23.7 Å². The Bertz CT molecular complexity index is 358. The molecule has 0 aromatic heterocycles. The van der Waals surface area contributed by atoms with Crippen LogP contribution >= 0.6 is 0 Å². The summed E-state index contributed by atoms with van der Waals surface area (Å²) in [6.45, 7) is 2.30. The molecule has 2 rings (SSSR count). The Balaban J connectivity index is 1.64. The summed E-state index contributed by atoms with van der Waals surface area (Å²) in [7, 11) is 1.45. The fourth-order valence-corrected chi connectivity index (χ4v) is 4.72. The molecule has 2 aliphatic rings. The van der Waals surface area contributed by atoms with Crippen LogP contribution in [-0.4, -0.2) is 13.1 Å². The zero-order valence-electron chi connectivity index (χ0n) is 15.3. The van der Waals surface area contributed by atoms with E-state index < -0.39 is 0 Å². The average Bonchev–Trinajstić information content (AvgIpc) is 2.61. The van der Waals surface area contributed by atoms with Crippen molar-refractivity contribution in [3.63, 3.8) is 0 Å². The molecule has 0 atom stereocenters. The average molecular weight is 321 g/mol. The van der Waals surface area contributed by atoms with Crippen molar-refractivity contribution >= 4 is 5.97 Å². The summed E-state index contributed by atoms with van der Waals surface area (Å²) in [6, 6.07) is 0. The lowest BCUT2D eigenvalue weighted by Crippen LogP contribution is -2.25. The van der Waals surface area contributed by atoms with Gasteiger partial charge in [-0.15, -0.1) is 0 Å². The van der Waals surface area contributed by atoms with Crippen molar-refractivity contribution in [2.75, 3.05) is 7.11 Å². The van der Waals surface area contributed by atoms with Gasteiger partial charge in [0.2, 0.25) is 0 Å². The van der Waals surface area contributed by atoms with Crippen molar-refractivity contribution in [1.82, 2.24) is 0 Å². The van der Waals surface area contributed by atoms with Gasteiger partial charge in [-0.05, 0) is 62.2 Å². The Labute approximate surface area is 143 Å². The van der Waals surface area contributed by atoms with Crippen LogP contribution in [0.1, 0.15) is 84.0 Å². The topological polar surface area (TPSA) is 26.3 Å². The van der Waals surface area contributed by atoms with Crippen LogP contribution in [0.3, 0.4) is 0 Å². The van der Waals surface area contributed by atoms with E-state index >= 15 is 0 Å². The highest BCUT2D eigenvalue weighted by Gasteiger charge is 2.30. The molecule has 132 valence electrons. The van der Waals surface area contributed by atoms with E-state index in [1.165, 1.54) is 84.2 Å². The van der Waals surface area contributed by atoms with Crippen LogP contribution in [0, 0.1) is 23.7 Å². The number of allylic oxidation sites excluding steroid dienone is 1. The van der Waals surface area contributed by atoms with Crippen molar-refractivity contribution in [3.05, 3.63) is 12.2 Å². The number of carbonyl (C=O) groups is 1. The highest BCUT2D eigenvalue weighted by atomic mass is 16.5. The molecule has 2 nitrogen and oxygen atoms in total. The molecule has 0 aliphatic heterocycles. The molecule has 2 aliphatic carbocycles. The number of hydrogen-bond acceptors (Lipinski definition) is 2. The molecular weight excluding hydrogens is 284 g/mol. The predicted octanol–water partition coefficient (Wildman–Crippen LogP) is 5.91. The van der Waals surface area contributed by atoms with Gasteiger partial charge in [-0.2, -0.15) is 0 Å². The molecule has 0 aromatic carbocycles. The van der Waals surface area contributed by atoms with E-state index in [2.05, 4.69) is 17.7 Å². The van der Waals surface area contributed by atoms with Crippen LogP contribution in [0.25, 0.3) is 0 Å². The number of methoxy groups -OCH3 is 1. The third kappa shape index (κ3) is 6.31. The van der Waals surface area contributed by atoms with Crippen molar-refractivity contribution in [3.8, 4) is 0 Å². The first-order chi connectivity index (χ1) is 11.2. The van der Waals surface area contributed by atoms with Crippen LogP contribution in [0.4, 0.5) is 0 Å². The molecule has 0 heterocycles. The number of hydrogen-bond donors (Lipinski definition) is 0.